The zero-order chi connectivity index (χ0) is 7.28. The lowest BCUT2D eigenvalue weighted by Crippen LogP contribution is -2.01. The fraction of sp³-hybridized carbons (Fsp3) is 0.750. The second kappa shape index (κ2) is 4.80. The zero-order valence-corrected chi connectivity index (χ0v) is 7.59. The molecule has 1 unspecified atom stereocenters. The summed E-state index contributed by atoms with van der Waals surface area (Å²) >= 11 is 0. The largest absolute Gasteiger partial charge is 0.158 e. The van der Waals surface area contributed by atoms with E-state index in [1.54, 1.807) is 0 Å². The van der Waals surface area contributed by atoms with Crippen molar-refractivity contribution in [2.24, 2.45) is 5.92 Å². The van der Waals surface area contributed by atoms with E-state index in [0.29, 0.717) is 0 Å². The van der Waals surface area contributed by atoms with Gasteiger partial charge < -0.3 is 0 Å². The average Bonchev–Trinajstić information content (AvgIpc) is 1.87. The molecule has 1 atom stereocenters. The lowest BCUT2D eigenvalue weighted by atomic mass is 10.1. The van der Waals surface area contributed by atoms with Crippen LogP contribution in [0.25, 0.3) is 0 Å². The Morgan fingerprint density at radius 2 is 2.22 bits per heavy atom. The lowest BCUT2D eigenvalue weighted by molar-refractivity contribution is 0.747. The highest BCUT2D eigenvalue weighted by Crippen LogP contribution is 2.03. The summed E-state index contributed by atoms with van der Waals surface area (Å²) in [5.74, 6) is 0.770. The van der Waals surface area contributed by atoms with Crippen molar-refractivity contribution in [3.05, 3.63) is 0 Å². The Bertz CT molecular complexity index is 130. The highest BCUT2D eigenvalue weighted by Gasteiger charge is 1.97. The molecule has 0 saturated heterocycles. The maximum Gasteiger partial charge on any atom is -0.0140 e. The SMILES string of the molecule is CC=S=C(C)C(C)CC. The molecule has 54 valence electrons. The Hall–Kier alpha value is -0.0400. The van der Waals surface area contributed by atoms with E-state index >= 15 is 0 Å². The van der Waals surface area contributed by atoms with Gasteiger partial charge in [0.1, 0.15) is 0 Å². The molecule has 0 aliphatic carbocycles. The molecule has 0 radical (unpaired) electrons. The van der Waals surface area contributed by atoms with Crippen LogP contribution < -0.4 is 0 Å². The first-order valence-corrected chi connectivity index (χ1v) is 4.38. The summed E-state index contributed by atoms with van der Waals surface area (Å²) in [5.41, 5.74) is 0. The fourth-order valence-electron chi connectivity index (χ4n) is 0.590. The zero-order valence-electron chi connectivity index (χ0n) is 6.77. The molecule has 1 heteroatoms. The normalized spacial score (nSPS) is 12.4. The van der Waals surface area contributed by atoms with E-state index in [1.807, 2.05) is 10.9 Å². The third-order valence-electron chi connectivity index (χ3n) is 1.61. The first-order chi connectivity index (χ1) is 4.22. The molecule has 9 heavy (non-hydrogen) atoms. The Kier molecular flexibility index (Phi) is 4.78. The van der Waals surface area contributed by atoms with Gasteiger partial charge in [0.25, 0.3) is 0 Å². The summed E-state index contributed by atoms with van der Waals surface area (Å²) in [6.45, 7) is 8.78. The van der Waals surface area contributed by atoms with E-state index < -0.39 is 0 Å². The third kappa shape index (κ3) is 3.52. The summed E-state index contributed by atoms with van der Waals surface area (Å²) in [4.78, 5) is 1.53. The van der Waals surface area contributed by atoms with E-state index in [4.69, 9.17) is 0 Å². The minimum absolute atomic E-state index is 0.770. The first-order valence-electron chi connectivity index (χ1n) is 3.50. The Morgan fingerprint density at radius 1 is 1.67 bits per heavy atom. The lowest BCUT2D eigenvalue weighted by Gasteiger charge is -2.03. The molecule has 0 saturated carbocycles. The minimum Gasteiger partial charge on any atom is -0.158 e. The summed E-state index contributed by atoms with van der Waals surface area (Å²) < 4.78 is 0. The van der Waals surface area contributed by atoms with Crippen molar-refractivity contribution in [1.29, 1.82) is 0 Å². The molecule has 0 bridgehead atoms. The molecule has 0 aliphatic rings. The van der Waals surface area contributed by atoms with Gasteiger partial charge in [-0.3, -0.25) is 0 Å². The van der Waals surface area contributed by atoms with Crippen molar-refractivity contribution in [3.63, 3.8) is 0 Å². The van der Waals surface area contributed by atoms with Crippen LogP contribution in [0.15, 0.2) is 0 Å². The number of rotatable bonds is 2. The van der Waals surface area contributed by atoms with Crippen molar-refractivity contribution in [1.82, 2.24) is 0 Å². The quantitative estimate of drug-likeness (QED) is 0.523. The van der Waals surface area contributed by atoms with E-state index in [-0.39, 0.29) is 0 Å². The second-order valence-corrected chi connectivity index (χ2v) is 3.62. The standard InChI is InChI=1S/C8H16S/c1-5-7(3)8(4)9-6-2/h6-7H,5H2,1-4H3. The van der Waals surface area contributed by atoms with Gasteiger partial charge >= 0.3 is 0 Å². The van der Waals surface area contributed by atoms with E-state index in [0.717, 1.165) is 5.92 Å². The van der Waals surface area contributed by atoms with Crippen LogP contribution in [0, 0.1) is 5.92 Å². The van der Waals surface area contributed by atoms with Gasteiger partial charge in [-0.05, 0) is 36.4 Å². The van der Waals surface area contributed by atoms with Gasteiger partial charge in [0.2, 0.25) is 0 Å². The van der Waals surface area contributed by atoms with Gasteiger partial charge in [-0.25, -0.2) is 0 Å². The molecule has 0 heterocycles. The summed E-state index contributed by atoms with van der Waals surface area (Å²) in [5, 5.41) is 2.14. The maximum absolute atomic E-state index is 2.27. The van der Waals surface area contributed by atoms with Crippen molar-refractivity contribution in [2.45, 2.75) is 34.1 Å². The Balaban J connectivity index is 4.02. The van der Waals surface area contributed by atoms with Crippen LogP contribution in [0.2, 0.25) is 0 Å². The van der Waals surface area contributed by atoms with E-state index in [9.17, 15) is 0 Å². The molecule has 0 aromatic heterocycles. The van der Waals surface area contributed by atoms with Crippen LogP contribution in [0.1, 0.15) is 34.1 Å². The molecule has 0 rings (SSSR count). The molecule has 0 aromatic carbocycles. The van der Waals surface area contributed by atoms with Crippen molar-refractivity contribution < 1.29 is 0 Å². The summed E-state index contributed by atoms with van der Waals surface area (Å²) in [6, 6.07) is 0. The Labute approximate surface area is 61.8 Å². The third-order valence-corrected chi connectivity index (χ3v) is 2.62. The highest BCUT2D eigenvalue weighted by atomic mass is 32.1. The predicted octanol–water partition coefficient (Wildman–Crippen LogP) is 2.78. The first kappa shape index (κ1) is 8.96. The molecule has 0 N–H and O–H groups in total. The topological polar surface area (TPSA) is 0 Å². The van der Waals surface area contributed by atoms with Crippen molar-refractivity contribution in [2.75, 3.05) is 0 Å². The molecule has 0 amide bonds. The van der Waals surface area contributed by atoms with Gasteiger partial charge in [-0.2, -0.15) is 10.9 Å². The summed E-state index contributed by atoms with van der Waals surface area (Å²) in [6.07, 6.45) is 1.26. The van der Waals surface area contributed by atoms with Crippen LogP contribution in [-0.4, -0.2) is 10.2 Å². The summed E-state index contributed by atoms with van der Waals surface area (Å²) in [7, 11) is 1.86. The minimum atomic E-state index is 0.770. The van der Waals surface area contributed by atoms with Crippen molar-refractivity contribution >= 4 is 21.2 Å². The monoisotopic (exact) mass is 144 g/mol. The van der Waals surface area contributed by atoms with E-state index in [2.05, 4.69) is 33.1 Å². The molecule has 0 spiro atoms. The molecule has 0 aromatic rings. The van der Waals surface area contributed by atoms with Gasteiger partial charge in [0, 0.05) is 0 Å². The van der Waals surface area contributed by atoms with Crippen LogP contribution in [0.4, 0.5) is 0 Å². The molecular formula is C8H16S. The van der Waals surface area contributed by atoms with Gasteiger partial charge in [0.05, 0.1) is 0 Å². The predicted molar refractivity (Wildman–Crippen MR) is 49.5 cm³/mol. The molecule has 0 fully saturated rings. The van der Waals surface area contributed by atoms with Crippen LogP contribution in [0.5, 0.6) is 0 Å². The van der Waals surface area contributed by atoms with Crippen LogP contribution >= 0.6 is 10.9 Å². The smallest absolute Gasteiger partial charge is 0.0140 e. The number of hydrogen-bond acceptors (Lipinski definition) is 0. The molecular weight excluding hydrogens is 128 g/mol. The number of hydrogen-bond donors (Lipinski definition) is 0. The van der Waals surface area contributed by atoms with Gasteiger partial charge in [0.15, 0.2) is 0 Å². The van der Waals surface area contributed by atoms with Crippen molar-refractivity contribution in [3.8, 4) is 0 Å². The second-order valence-electron chi connectivity index (χ2n) is 2.27. The van der Waals surface area contributed by atoms with Crippen LogP contribution in [-0.2, 0) is 0 Å². The molecule has 0 nitrogen and oxygen atoms in total. The van der Waals surface area contributed by atoms with E-state index in [1.165, 1.54) is 11.3 Å². The average molecular weight is 144 g/mol. The van der Waals surface area contributed by atoms with Crippen LogP contribution in [0.3, 0.4) is 0 Å². The fourth-order valence-corrected chi connectivity index (χ4v) is 1.36. The molecule has 0 aliphatic heterocycles. The van der Waals surface area contributed by atoms with Gasteiger partial charge in [-0.1, -0.05) is 13.8 Å². The van der Waals surface area contributed by atoms with Gasteiger partial charge in [-0.15, -0.1) is 0 Å². The highest BCUT2D eigenvalue weighted by molar-refractivity contribution is 7.97. The Morgan fingerprint density at radius 3 is 2.56 bits per heavy atom. The maximum atomic E-state index is 2.27.